The van der Waals surface area contributed by atoms with Crippen molar-refractivity contribution in [3.63, 3.8) is 0 Å². The molecule has 0 radical (unpaired) electrons. The second-order valence-electron chi connectivity index (χ2n) is 5.74. The first-order chi connectivity index (χ1) is 12.0. The Balaban J connectivity index is 2.53. The van der Waals surface area contributed by atoms with Gasteiger partial charge >= 0.3 is 0 Å². The van der Waals surface area contributed by atoms with E-state index in [9.17, 15) is 8.42 Å². The van der Waals surface area contributed by atoms with E-state index >= 15 is 0 Å². The van der Waals surface area contributed by atoms with E-state index in [2.05, 4.69) is 17.6 Å². The number of hydrogen-bond acceptors (Lipinski definition) is 5. The minimum absolute atomic E-state index is 0.0249. The average molecular weight is 363 g/mol. The zero-order valence-electron chi connectivity index (χ0n) is 14.6. The lowest BCUT2D eigenvalue weighted by Gasteiger charge is -2.18. The first kappa shape index (κ1) is 19.2. The van der Waals surface area contributed by atoms with Gasteiger partial charge in [0.15, 0.2) is 5.75 Å². The summed E-state index contributed by atoms with van der Waals surface area (Å²) < 4.78 is 30.2. The average Bonchev–Trinajstić information content (AvgIpc) is 2.57. The highest BCUT2D eigenvalue weighted by Gasteiger charge is 2.21. The maximum absolute atomic E-state index is 12.1. The third kappa shape index (κ3) is 5.45. The number of nitrogens with two attached hydrogens (primary N) is 1. The number of benzene rings is 2. The maximum Gasteiger partial charge on any atom is 0.241 e. The van der Waals surface area contributed by atoms with Crippen LogP contribution in [0.2, 0.25) is 0 Å². The predicted molar refractivity (Wildman–Crippen MR) is 100 cm³/mol. The smallest absolute Gasteiger partial charge is 0.241 e. The molecule has 25 heavy (non-hydrogen) atoms. The van der Waals surface area contributed by atoms with Crippen molar-refractivity contribution < 1.29 is 13.2 Å². The molecule has 0 saturated carbocycles. The summed E-state index contributed by atoms with van der Waals surface area (Å²) in [5.74, 6) is 0.775. The van der Waals surface area contributed by atoms with E-state index < -0.39 is 10.0 Å². The van der Waals surface area contributed by atoms with Crippen LogP contribution in [0.3, 0.4) is 0 Å². The van der Waals surface area contributed by atoms with Gasteiger partial charge in [-0.2, -0.15) is 0 Å². The Bertz CT molecular complexity index is 793. The van der Waals surface area contributed by atoms with Gasteiger partial charge < -0.3 is 15.4 Å². The highest BCUT2D eigenvalue weighted by molar-refractivity contribution is 7.89. The number of rotatable bonds is 9. The summed E-state index contributed by atoms with van der Waals surface area (Å²) in [5, 5.41) is 11.7. The zero-order valence-corrected chi connectivity index (χ0v) is 15.4. The normalized spacial score (nSPS) is 11.3. The number of nitrogens with one attached hydrogen (secondary N) is 2. The Kier molecular flexibility index (Phi) is 6.81. The van der Waals surface area contributed by atoms with Crippen molar-refractivity contribution in [2.45, 2.75) is 31.2 Å². The van der Waals surface area contributed by atoms with Crippen LogP contribution in [0, 0.1) is 0 Å². The monoisotopic (exact) mass is 363 g/mol. The molecule has 0 saturated heterocycles. The van der Waals surface area contributed by atoms with Gasteiger partial charge in [0.05, 0.1) is 5.69 Å². The molecule has 2 aromatic rings. The SMILES string of the molecule is CCCCNc1cc(CNC)cc(S(N)(=O)=O)c1Oc1ccccc1. The first-order valence-corrected chi connectivity index (χ1v) is 9.81. The third-order valence-corrected chi connectivity index (χ3v) is 4.53. The van der Waals surface area contributed by atoms with Crippen LogP contribution < -0.4 is 20.5 Å². The molecule has 0 aliphatic carbocycles. The molecule has 4 N–H and O–H groups in total. The minimum Gasteiger partial charge on any atom is -0.454 e. The van der Waals surface area contributed by atoms with Gasteiger partial charge in [-0.1, -0.05) is 31.5 Å². The fourth-order valence-electron chi connectivity index (χ4n) is 2.42. The molecule has 2 rings (SSSR count). The number of anilines is 1. The zero-order chi connectivity index (χ0) is 18.3. The summed E-state index contributed by atoms with van der Waals surface area (Å²) in [6.45, 7) is 3.33. The van der Waals surface area contributed by atoms with Crippen molar-refractivity contribution in [3.8, 4) is 11.5 Å². The Morgan fingerprint density at radius 1 is 1.16 bits per heavy atom. The molecule has 2 aromatic carbocycles. The Labute approximate surface area is 149 Å². The van der Waals surface area contributed by atoms with Crippen molar-refractivity contribution >= 4 is 15.7 Å². The third-order valence-electron chi connectivity index (χ3n) is 3.61. The van der Waals surface area contributed by atoms with E-state index in [0.717, 1.165) is 18.4 Å². The number of para-hydroxylation sites is 1. The molecule has 0 atom stereocenters. The molecule has 0 spiro atoms. The molecular weight excluding hydrogens is 338 g/mol. The van der Waals surface area contributed by atoms with Gasteiger partial charge in [0, 0.05) is 13.1 Å². The lowest BCUT2D eigenvalue weighted by molar-refractivity contribution is 0.468. The summed E-state index contributed by atoms with van der Waals surface area (Å²) in [5.41, 5.74) is 1.43. The van der Waals surface area contributed by atoms with E-state index in [4.69, 9.17) is 9.88 Å². The summed E-state index contributed by atoms with van der Waals surface area (Å²) in [4.78, 5) is -0.0249. The number of unbranched alkanes of at least 4 members (excludes halogenated alkanes) is 1. The molecule has 0 heterocycles. The van der Waals surface area contributed by atoms with Crippen LogP contribution >= 0.6 is 0 Å². The van der Waals surface area contributed by atoms with Crippen LogP contribution in [0.5, 0.6) is 11.5 Å². The van der Waals surface area contributed by atoms with Crippen molar-refractivity contribution in [2.75, 3.05) is 18.9 Å². The Hall–Kier alpha value is -2.09. The van der Waals surface area contributed by atoms with Gasteiger partial charge in [-0.3, -0.25) is 0 Å². The lowest BCUT2D eigenvalue weighted by atomic mass is 10.1. The molecule has 0 amide bonds. The van der Waals surface area contributed by atoms with E-state index in [-0.39, 0.29) is 10.6 Å². The highest BCUT2D eigenvalue weighted by atomic mass is 32.2. The fourth-order valence-corrected chi connectivity index (χ4v) is 3.15. The van der Waals surface area contributed by atoms with Crippen LogP contribution in [-0.2, 0) is 16.6 Å². The van der Waals surface area contributed by atoms with Crippen LogP contribution in [0.25, 0.3) is 0 Å². The molecule has 0 fully saturated rings. The van der Waals surface area contributed by atoms with Gasteiger partial charge in [0.2, 0.25) is 10.0 Å². The van der Waals surface area contributed by atoms with Gasteiger partial charge in [0.1, 0.15) is 10.6 Å². The topological polar surface area (TPSA) is 93.5 Å². The van der Waals surface area contributed by atoms with E-state index in [1.165, 1.54) is 0 Å². The molecule has 0 aromatic heterocycles. The Morgan fingerprint density at radius 3 is 2.48 bits per heavy atom. The number of hydrogen-bond donors (Lipinski definition) is 3. The summed E-state index contributed by atoms with van der Waals surface area (Å²) in [7, 11) is -2.14. The number of primary sulfonamides is 1. The van der Waals surface area contributed by atoms with Gasteiger partial charge in [-0.25, -0.2) is 13.6 Å². The molecule has 6 nitrogen and oxygen atoms in total. The van der Waals surface area contributed by atoms with Crippen LogP contribution in [0.1, 0.15) is 25.3 Å². The summed E-state index contributed by atoms with van der Waals surface area (Å²) >= 11 is 0. The van der Waals surface area contributed by atoms with Crippen LogP contribution in [0.15, 0.2) is 47.4 Å². The molecule has 0 bridgehead atoms. The largest absolute Gasteiger partial charge is 0.454 e. The fraction of sp³-hybridized carbons (Fsp3) is 0.333. The lowest BCUT2D eigenvalue weighted by Crippen LogP contribution is -2.16. The standard InChI is InChI=1S/C18H25N3O3S/c1-3-4-10-21-16-11-14(13-20-2)12-17(25(19,22)23)18(16)24-15-8-6-5-7-9-15/h5-9,11-12,20-21H,3-4,10,13H2,1-2H3,(H2,19,22,23). The quantitative estimate of drug-likeness (QED) is 0.595. The second-order valence-corrected chi connectivity index (χ2v) is 7.27. The Morgan fingerprint density at radius 2 is 1.88 bits per heavy atom. The van der Waals surface area contributed by atoms with Crippen molar-refractivity contribution in [3.05, 3.63) is 48.0 Å². The molecule has 136 valence electrons. The summed E-state index contributed by atoms with van der Waals surface area (Å²) in [6.07, 6.45) is 1.99. The first-order valence-electron chi connectivity index (χ1n) is 8.26. The highest BCUT2D eigenvalue weighted by Crippen LogP contribution is 2.37. The van der Waals surface area contributed by atoms with Gasteiger partial charge in [-0.15, -0.1) is 0 Å². The van der Waals surface area contributed by atoms with Crippen LogP contribution in [-0.4, -0.2) is 22.0 Å². The molecular formula is C18H25N3O3S. The van der Waals surface area contributed by atoms with E-state index in [1.54, 1.807) is 25.2 Å². The van der Waals surface area contributed by atoms with E-state index in [0.29, 0.717) is 24.5 Å². The minimum atomic E-state index is -3.94. The molecule has 0 aliphatic rings. The molecule has 7 heteroatoms. The van der Waals surface area contributed by atoms with Crippen molar-refractivity contribution in [1.29, 1.82) is 0 Å². The number of ether oxygens (including phenoxy) is 1. The second kappa shape index (κ2) is 8.84. The van der Waals surface area contributed by atoms with Gasteiger partial charge in [-0.05, 0) is 43.3 Å². The van der Waals surface area contributed by atoms with Crippen molar-refractivity contribution in [1.82, 2.24) is 5.32 Å². The summed E-state index contributed by atoms with van der Waals surface area (Å²) in [6, 6.07) is 12.5. The van der Waals surface area contributed by atoms with Gasteiger partial charge in [0.25, 0.3) is 0 Å². The molecule has 0 unspecified atom stereocenters. The van der Waals surface area contributed by atoms with E-state index in [1.807, 2.05) is 24.3 Å². The maximum atomic E-state index is 12.1. The molecule has 0 aliphatic heterocycles. The van der Waals surface area contributed by atoms with Crippen molar-refractivity contribution in [2.24, 2.45) is 5.14 Å². The number of sulfonamides is 1. The van der Waals surface area contributed by atoms with Crippen LogP contribution in [0.4, 0.5) is 5.69 Å². The predicted octanol–water partition coefficient (Wildman–Crippen LogP) is 3.06.